The van der Waals surface area contributed by atoms with Crippen molar-refractivity contribution in [3.63, 3.8) is 0 Å². The van der Waals surface area contributed by atoms with E-state index >= 15 is 0 Å². The van der Waals surface area contributed by atoms with E-state index in [1.54, 1.807) is 24.3 Å². The molecule has 0 radical (unpaired) electrons. The number of methoxy groups -OCH3 is 1. The van der Waals surface area contributed by atoms with Gasteiger partial charge in [-0.05, 0) is 49.8 Å². The SMILES string of the molecule is CCc1ccc(C(CNC(=O)c2cccc(C(=O)OC)c2)N(C)C)cc1. The lowest BCUT2D eigenvalue weighted by Crippen LogP contribution is -2.34. The minimum Gasteiger partial charge on any atom is -0.465 e. The number of likely N-dealkylation sites (N-methyl/N-ethyl adjacent to an activating group) is 1. The van der Waals surface area contributed by atoms with E-state index in [-0.39, 0.29) is 11.9 Å². The smallest absolute Gasteiger partial charge is 0.337 e. The van der Waals surface area contributed by atoms with Gasteiger partial charge in [0.15, 0.2) is 0 Å². The van der Waals surface area contributed by atoms with E-state index < -0.39 is 5.97 Å². The van der Waals surface area contributed by atoms with Crippen LogP contribution in [0.3, 0.4) is 0 Å². The Morgan fingerprint density at radius 2 is 1.73 bits per heavy atom. The van der Waals surface area contributed by atoms with Crippen molar-refractivity contribution in [1.82, 2.24) is 10.2 Å². The molecule has 1 unspecified atom stereocenters. The van der Waals surface area contributed by atoms with Crippen LogP contribution in [-0.4, -0.2) is 44.5 Å². The highest BCUT2D eigenvalue weighted by molar-refractivity contribution is 5.97. The summed E-state index contributed by atoms with van der Waals surface area (Å²) in [5.74, 6) is -0.672. The van der Waals surface area contributed by atoms with Crippen LogP contribution in [0.1, 0.15) is 44.8 Å². The third-order valence-corrected chi connectivity index (χ3v) is 4.40. The molecule has 0 aliphatic rings. The molecule has 1 amide bonds. The van der Waals surface area contributed by atoms with E-state index in [1.807, 2.05) is 14.1 Å². The molecule has 0 aliphatic carbocycles. The number of esters is 1. The molecule has 0 aliphatic heterocycles. The zero-order valence-electron chi connectivity index (χ0n) is 15.8. The van der Waals surface area contributed by atoms with Crippen LogP contribution in [0, 0.1) is 0 Å². The third kappa shape index (κ3) is 4.92. The number of benzene rings is 2. The van der Waals surface area contributed by atoms with Gasteiger partial charge >= 0.3 is 5.97 Å². The summed E-state index contributed by atoms with van der Waals surface area (Å²) in [5, 5.41) is 2.96. The Balaban J connectivity index is 2.08. The van der Waals surface area contributed by atoms with Crippen LogP contribution >= 0.6 is 0 Å². The molecule has 0 aromatic heterocycles. The highest BCUT2D eigenvalue weighted by Crippen LogP contribution is 2.18. The molecule has 26 heavy (non-hydrogen) atoms. The molecule has 0 bridgehead atoms. The van der Waals surface area contributed by atoms with Crippen molar-refractivity contribution in [3.05, 3.63) is 70.8 Å². The third-order valence-electron chi connectivity index (χ3n) is 4.40. The average Bonchev–Trinajstić information content (AvgIpc) is 2.67. The summed E-state index contributed by atoms with van der Waals surface area (Å²) in [5.41, 5.74) is 3.23. The molecule has 0 spiro atoms. The average molecular weight is 354 g/mol. The summed E-state index contributed by atoms with van der Waals surface area (Å²) in [6.07, 6.45) is 1.00. The molecule has 0 heterocycles. The van der Waals surface area contributed by atoms with Crippen LogP contribution in [0.2, 0.25) is 0 Å². The highest BCUT2D eigenvalue weighted by atomic mass is 16.5. The molecule has 1 N–H and O–H groups in total. The van der Waals surface area contributed by atoms with Gasteiger partial charge < -0.3 is 15.0 Å². The number of nitrogens with zero attached hydrogens (tertiary/aromatic N) is 1. The van der Waals surface area contributed by atoms with E-state index in [4.69, 9.17) is 4.74 Å². The summed E-state index contributed by atoms with van der Waals surface area (Å²) >= 11 is 0. The minimum absolute atomic E-state index is 0.0636. The maximum Gasteiger partial charge on any atom is 0.337 e. The molecular weight excluding hydrogens is 328 g/mol. The fraction of sp³-hybridized carbons (Fsp3) is 0.333. The monoisotopic (exact) mass is 354 g/mol. The highest BCUT2D eigenvalue weighted by Gasteiger charge is 2.16. The van der Waals surface area contributed by atoms with Gasteiger partial charge in [0.25, 0.3) is 5.91 Å². The van der Waals surface area contributed by atoms with Gasteiger partial charge in [-0.3, -0.25) is 4.79 Å². The number of amides is 1. The second kappa shape index (κ2) is 9.15. The Labute approximate surface area is 155 Å². The summed E-state index contributed by atoms with van der Waals surface area (Å²) < 4.78 is 4.70. The summed E-state index contributed by atoms with van der Waals surface area (Å²) in [6.45, 7) is 2.60. The van der Waals surface area contributed by atoms with Gasteiger partial charge in [0.1, 0.15) is 0 Å². The molecule has 2 rings (SSSR count). The molecular formula is C21H26N2O3. The number of carbonyl (C=O) groups is 2. The predicted octanol–water partition coefficient (Wildman–Crippen LogP) is 3.07. The van der Waals surface area contributed by atoms with E-state index in [2.05, 4.69) is 41.4 Å². The summed E-state index contributed by atoms with van der Waals surface area (Å²) in [6, 6.07) is 15.0. The van der Waals surface area contributed by atoms with Crippen LogP contribution in [0.15, 0.2) is 48.5 Å². The Morgan fingerprint density at radius 1 is 1.08 bits per heavy atom. The fourth-order valence-corrected chi connectivity index (χ4v) is 2.77. The van der Waals surface area contributed by atoms with Crippen LogP contribution in [-0.2, 0) is 11.2 Å². The number of hydrogen-bond acceptors (Lipinski definition) is 4. The normalized spacial score (nSPS) is 11.9. The molecule has 5 heteroatoms. The maximum absolute atomic E-state index is 12.5. The number of ether oxygens (including phenoxy) is 1. The van der Waals surface area contributed by atoms with Crippen LogP contribution < -0.4 is 5.32 Å². The van der Waals surface area contributed by atoms with Crippen LogP contribution in [0.4, 0.5) is 0 Å². The Hall–Kier alpha value is -2.66. The first-order valence-electron chi connectivity index (χ1n) is 8.68. The number of rotatable bonds is 7. The van der Waals surface area contributed by atoms with Crippen LogP contribution in [0.5, 0.6) is 0 Å². The maximum atomic E-state index is 12.5. The summed E-state index contributed by atoms with van der Waals surface area (Å²) in [4.78, 5) is 26.2. The molecule has 138 valence electrons. The van der Waals surface area contributed by atoms with Crippen molar-refractivity contribution < 1.29 is 14.3 Å². The van der Waals surface area contributed by atoms with Crippen molar-refractivity contribution >= 4 is 11.9 Å². The van der Waals surface area contributed by atoms with Crippen LogP contribution in [0.25, 0.3) is 0 Å². The Bertz CT molecular complexity index is 754. The molecule has 0 saturated heterocycles. The zero-order chi connectivity index (χ0) is 19.1. The van der Waals surface area contributed by atoms with Gasteiger partial charge in [-0.1, -0.05) is 37.3 Å². The standard InChI is InChI=1S/C21H26N2O3/c1-5-15-9-11-16(12-10-15)19(23(2)3)14-22-20(24)17-7-6-8-18(13-17)21(25)26-4/h6-13,19H,5,14H2,1-4H3,(H,22,24). The number of nitrogens with one attached hydrogen (secondary N) is 1. The van der Waals surface area contributed by atoms with Gasteiger partial charge in [0.2, 0.25) is 0 Å². The van der Waals surface area contributed by atoms with E-state index in [9.17, 15) is 9.59 Å². The molecule has 0 fully saturated rings. The van der Waals surface area contributed by atoms with Gasteiger partial charge in [0, 0.05) is 12.1 Å². The first-order valence-corrected chi connectivity index (χ1v) is 8.68. The van der Waals surface area contributed by atoms with E-state index in [0.29, 0.717) is 17.7 Å². The lowest BCUT2D eigenvalue weighted by molar-refractivity contribution is 0.0600. The zero-order valence-corrected chi connectivity index (χ0v) is 15.8. The number of carbonyl (C=O) groups excluding carboxylic acids is 2. The van der Waals surface area contributed by atoms with Gasteiger partial charge in [-0.25, -0.2) is 4.79 Å². The second-order valence-electron chi connectivity index (χ2n) is 6.36. The first kappa shape index (κ1) is 19.7. The molecule has 0 saturated carbocycles. The second-order valence-corrected chi connectivity index (χ2v) is 6.36. The van der Waals surface area contributed by atoms with Crippen molar-refractivity contribution in [2.24, 2.45) is 0 Å². The number of hydrogen-bond donors (Lipinski definition) is 1. The van der Waals surface area contributed by atoms with Gasteiger partial charge in [-0.15, -0.1) is 0 Å². The van der Waals surface area contributed by atoms with E-state index in [0.717, 1.165) is 12.0 Å². The number of aryl methyl sites for hydroxylation is 1. The molecule has 2 aromatic rings. The lowest BCUT2D eigenvalue weighted by atomic mass is 10.0. The van der Waals surface area contributed by atoms with Gasteiger partial charge in [-0.2, -0.15) is 0 Å². The molecule has 5 nitrogen and oxygen atoms in total. The fourth-order valence-electron chi connectivity index (χ4n) is 2.77. The van der Waals surface area contributed by atoms with E-state index in [1.165, 1.54) is 12.7 Å². The Morgan fingerprint density at radius 3 is 2.31 bits per heavy atom. The van der Waals surface area contributed by atoms with Crippen molar-refractivity contribution in [3.8, 4) is 0 Å². The van der Waals surface area contributed by atoms with Crippen molar-refractivity contribution in [2.45, 2.75) is 19.4 Å². The predicted molar refractivity (Wildman–Crippen MR) is 102 cm³/mol. The minimum atomic E-state index is -0.457. The molecule has 1 atom stereocenters. The topological polar surface area (TPSA) is 58.6 Å². The summed E-state index contributed by atoms with van der Waals surface area (Å²) in [7, 11) is 5.30. The first-order chi connectivity index (χ1) is 12.5. The van der Waals surface area contributed by atoms with Gasteiger partial charge in [0.05, 0.1) is 18.7 Å². The largest absolute Gasteiger partial charge is 0.465 e. The quantitative estimate of drug-likeness (QED) is 0.777. The molecule has 2 aromatic carbocycles. The lowest BCUT2D eigenvalue weighted by Gasteiger charge is -2.25. The Kier molecular flexibility index (Phi) is 6.92. The van der Waals surface area contributed by atoms with Crippen molar-refractivity contribution in [2.75, 3.05) is 27.7 Å². The van der Waals surface area contributed by atoms with Crippen molar-refractivity contribution in [1.29, 1.82) is 0 Å².